The van der Waals surface area contributed by atoms with Gasteiger partial charge in [0.2, 0.25) is 0 Å². The van der Waals surface area contributed by atoms with Gasteiger partial charge in [-0.05, 0) is 12.0 Å². The summed E-state index contributed by atoms with van der Waals surface area (Å²) in [5, 5.41) is 0. The fourth-order valence-corrected chi connectivity index (χ4v) is 2.44. The molecule has 0 aliphatic heterocycles. The molecule has 0 nitrogen and oxygen atoms in total. The third-order valence-electron chi connectivity index (χ3n) is 2.03. The first kappa shape index (κ1) is 7.81. The van der Waals surface area contributed by atoms with Crippen molar-refractivity contribution in [2.24, 2.45) is 0 Å². The molecule has 0 amide bonds. The molecular formula is C9H8Br2. The monoisotopic (exact) mass is 274 g/mol. The van der Waals surface area contributed by atoms with Crippen LogP contribution in [0.5, 0.6) is 0 Å². The van der Waals surface area contributed by atoms with E-state index in [1.807, 2.05) is 0 Å². The molecule has 0 N–H and O–H groups in total. The normalized spacial score (nSPS) is 26.5. The summed E-state index contributed by atoms with van der Waals surface area (Å²) in [5.74, 6) is 0.656. The van der Waals surface area contributed by atoms with Gasteiger partial charge < -0.3 is 0 Å². The zero-order valence-corrected chi connectivity index (χ0v) is 9.10. The summed E-state index contributed by atoms with van der Waals surface area (Å²) in [6, 6.07) is 10.6. The maximum absolute atomic E-state index is 3.61. The third kappa shape index (κ3) is 1.52. The standard InChI is InChI=1S/C9H8Br2/c10-9(11)6-8(9)7-4-2-1-3-5-7/h1-5,8H,6H2. The predicted molar refractivity (Wildman–Crippen MR) is 54.4 cm³/mol. The van der Waals surface area contributed by atoms with Gasteiger partial charge >= 0.3 is 0 Å². The first-order valence-electron chi connectivity index (χ1n) is 3.63. The van der Waals surface area contributed by atoms with Gasteiger partial charge in [-0.2, -0.15) is 0 Å². The minimum absolute atomic E-state index is 0.196. The highest BCUT2D eigenvalue weighted by Gasteiger charge is 2.50. The first-order chi connectivity index (χ1) is 5.20. The van der Waals surface area contributed by atoms with Crippen molar-refractivity contribution in [2.75, 3.05) is 0 Å². The number of halogens is 2. The fraction of sp³-hybridized carbons (Fsp3) is 0.333. The number of benzene rings is 1. The Labute approximate surface area is 83.3 Å². The van der Waals surface area contributed by atoms with Crippen molar-refractivity contribution in [3.8, 4) is 0 Å². The van der Waals surface area contributed by atoms with Crippen molar-refractivity contribution in [3.05, 3.63) is 35.9 Å². The molecule has 0 radical (unpaired) electrons. The lowest BCUT2D eigenvalue weighted by atomic mass is 10.1. The van der Waals surface area contributed by atoms with Crippen molar-refractivity contribution < 1.29 is 0 Å². The summed E-state index contributed by atoms with van der Waals surface area (Å²) in [5.41, 5.74) is 1.42. The Morgan fingerprint density at radius 2 is 1.73 bits per heavy atom. The van der Waals surface area contributed by atoms with Crippen LogP contribution < -0.4 is 0 Å². The van der Waals surface area contributed by atoms with Crippen LogP contribution in [0.1, 0.15) is 17.9 Å². The Balaban J connectivity index is 2.21. The Morgan fingerprint density at radius 1 is 1.18 bits per heavy atom. The van der Waals surface area contributed by atoms with Gasteiger partial charge in [0.25, 0.3) is 0 Å². The molecule has 0 heterocycles. The Kier molecular flexibility index (Phi) is 1.84. The lowest BCUT2D eigenvalue weighted by Gasteiger charge is -1.98. The summed E-state index contributed by atoms with van der Waals surface area (Å²) in [7, 11) is 0. The first-order valence-corrected chi connectivity index (χ1v) is 5.21. The van der Waals surface area contributed by atoms with Crippen LogP contribution in [-0.2, 0) is 0 Å². The molecule has 1 saturated carbocycles. The summed E-state index contributed by atoms with van der Waals surface area (Å²) in [4.78, 5) is 0. The smallest absolute Gasteiger partial charge is 0.0720 e. The lowest BCUT2D eigenvalue weighted by Crippen LogP contribution is -1.86. The molecule has 0 bridgehead atoms. The molecule has 1 fully saturated rings. The number of alkyl halides is 2. The molecule has 1 unspecified atom stereocenters. The van der Waals surface area contributed by atoms with E-state index in [1.54, 1.807) is 0 Å². The molecule has 1 aliphatic rings. The van der Waals surface area contributed by atoms with Gasteiger partial charge in [0.1, 0.15) is 0 Å². The van der Waals surface area contributed by atoms with Gasteiger partial charge in [-0.1, -0.05) is 62.2 Å². The molecule has 1 aliphatic carbocycles. The van der Waals surface area contributed by atoms with E-state index in [4.69, 9.17) is 0 Å². The summed E-state index contributed by atoms with van der Waals surface area (Å²) in [6.45, 7) is 0. The largest absolute Gasteiger partial charge is 0.0881 e. The van der Waals surface area contributed by atoms with Gasteiger partial charge in [0, 0.05) is 5.92 Å². The highest BCUT2D eigenvalue weighted by atomic mass is 79.9. The second-order valence-corrected chi connectivity index (χ2v) is 6.82. The van der Waals surface area contributed by atoms with E-state index in [9.17, 15) is 0 Å². The summed E-state index contributed by atoms with van der Waals surface area (Å²) < 4.78 is 0.196. The summed E-state index contributed by atoms with van der Waals surface area (Å²) in [6.07, 6.45) is 1.19. The maximum atomic E-state index is 3.61. The molecule has 1 aromatic rings. The summed E-state index contributed by atoms with van der Waals surface area (Å²) >= 11 is 7.21. The Hall–Kier alpha value is 0.180. The Bertz CT molecular complexity index is 254. The molecule has 0 aromatic heterocycles. The average Bonchev–Trinajstić information content (AvgIpc) is 2.62. The van der Waals surface area contributed by atoms with Crippen LogP contribution in [-0.4, -0.2) is 3.23 Å². The Morgan fingerprint density at radius 3 is 2.18 bits per heavy atom. The van der Waals surface area contributed by atoms with E-state index in [-0.39, 0.29) is 3.23 Å². The molecule has 0 saturated heterocycles. The third-order valence-corrected chi connectivity index (χ3v) is 3.78. The van der Waals surface area contributed by atoms with E-state index in [0.29, 0.717) is 5.92 Å². The van der Waals surface area contributed by atoms with Crippen LogP contribution in [0.15, 0.2) is 30.3 Å². The second-order valence-electron chi connectivity index (χ2n) is 2.93. The van der Waals surface area contributed by atoms with Crippen LogP contribution in [0.4, 0.5) is 0 Å². The van der Waals surface area contributed by atoms with Gasteiger partial charge in [-0.15, -0.1) is 0 Å². The molecule has 11 heavy (non-hydrogen) atoms. The minimum atomic E-state index is 0.196. The van der Waals surface area contributed by atoms with E-state index in [0.717, 1.165) is 0 Å². The van der Waals surface area contributed by atoms with Gasteiger partial charge in [-0.3, -0.25) is 0 Å². The zero-order valence-electron chi connectivity index (χ0n) is 5.93. The molecule has 0 spiro atoms. The van der Waals surface area contributed by atoms with E-state index in [2.05, 4.69) is 62.2 Å². The number of hydrogen-bond donors (Lipinski definition) is 0. The quantitative estimate of drug-likeness (QED) is 0.687. The lowest BCUT2D eigenvalue weighted by molar-refractivity contribution is 1.13. The second kappa shape index (κ2) is 2.60. The number of hydrogen-bond acceptors (Lipinski definition) is 0. The van der Waals surface area contributed by atoms with E-state index < -0.39 is 0 Å². The topological polar surface area (TPSA) is 0 Å². The van der Waals surface area contributed by atoms with Crippen LogP contribution in [0.2, 0.25) is 0 Å². The van der Waals surface area contributed by atoms with Crippen molar-refractivity contribution in [3.63, 3.8) is 0 Å². The molecule has 58 valence electrons. The molecule has 1 atom stereocenters. The molecular weight excluding hydrogens is 268 g/mol. The average molecular weight is 276 g/mol. The highest BCUT2D eigenvalue weighted by Crippen LogP contribution is 2.62. The maximum Gasteiger partial charge on any atom is 0.0881 e. The van der Waals surface area contributed by atoms with Gasteiger partial charge in [-0.25, -0.2) is 0 Å². The minimum Gasteiger partial charge on any atom is -0.0720 e. The van der Waals surface area contributed by atoms with Crippen molar-refractivity contribution in [1.82, 2.24) is 0 Å². The van der Waals surface area contributed by atoms with Gasteiger partial charge in [0.05, 0.1) is 3.23 Å². The van der Waals surface area contributed by atoms with Crippen molar-refractivity contribution in [2.45, 2.75) is 15.6 Å². The molecule has 2 rings (SSSR count). The van der Waals surface area contributed by atoms with Crippen molar-refractivity contribution >= 4 is 31.9 Å². The van der Waals surface area contributed by atoms with Crippen LogP contribution in [0.3, 0.4) is 0 Å². The fourth-order valence-electron chi connectivity index (χ4n) is 1.26. The molecule has 1 aromatic carbocycles. The number of rotatable bonds is 1. The van der Waals surface area contributed by atoms with E-state index >= 15 is 0 Å². The SMILES string of the molecule is BrC1(Br)CC1c1ccccc1. The van der Waals surface area contributed by atoms with Crippen LogP contribution in [0.25, 0.3) is 0 Å². The molecule has 2 heteroatoms. The predicted octanol–water partition coefficient (Wildman–Crippen LogP) is 3.66. The van der Waals surface area contributed by atoms with E-state index in [1.165, 1.54) is 12.0 Å². The van der Waals surface area contributed by atoms with Gasteiger partial charge in [0.15, 0.2) is 0 Å². The van der Waals surface area contributed by atoms with Crippen molar-refractivity contribution in [1.29, 1.82) is 0 Å². The van der Waals surface area contributed by atoms with Crippen LogP contribution >= 0.6 is 31.9 Å². The van der Waals surface area contributed by atoms with Crippen LogP contribution in [0, 0.1) is 0 Å². The zero-order chi connectivity index (χ0) is 7.90. The highest BCUT2D eigenvalue weighted by molar-refractivity contribution is 9.25.